The number of allylic oxidation sites excluding steroid dienone is 2. The van der Waals surface area contributed by atoms with Crippen molar-refractivity contribution < 1.29 is 0 Å². The van der Waals surface area contributed by atoms with Gasteiger partial charge in [-0.15, -0.1) is 0 Å². The minimum absolute atomic E-state index is 1.09. The van der Waals surface area contributed by atoms with Crippen LogP contribution in [0.25, 0.3) is 5.57 Å². The van der Waals surface area contributed by atoms with Crippen LogP contribution in [0.3, 0.4) is 0 Å². The number of hydrogen-bond donors (Lipinski definition) is 1. The normalized spacial score (nSPS) is 10.3. The first-order chi connectivity index (χ1) is 7.31. The third-order valence-corrected chi connectivity index (χ3v) is 2.27. The fourth-order valence-corrected chi connectivity index (χ4v) is 1.43. The molecule has 1 aromatic rings. The molecule has 15 heavy (non-hydrogen) atoms. The van der Waals surface area contributed by atoms with Crippen LogP contribution in [-0.4, -0.2) is 7.05 Å². The van der Waals surface area contributed by atoms with E-state index in [9.17, 15) is 0 Å². The van der Waals surface area contributed by atoms with Gasteiger partial charge in [0.05, 0.1) is 0 Å². The van der Waals surface area contributed by atoms with Crippen molar-refractivity contribution in [3.05, 3.63) is 35.9 Å². The zero-order valence-corrected chi connectivity index (χ0v) is 10.6. The average Bonchev–Trinajstić information content (AvgIpc) is 2.34. The highest BCUT2D eigenvalue weighted by atomic mass is 14.8. The highest BCUT2D eigenvalue weighted by Gasteiger charge is 1.96. The van der Waals surface area contributed by atoms with E-state index in [1.807, 2.05) is 20.9 Å². The minimum atomic E-state index is 1.09. The molecule has 0 spiro atoms. The number of hydrogen-bond acceptors (Lipinski definition) is 1. The standard InChI is InChI=1S/C12H17N.C2H6/c1-4-10(5-2)11-6-8-12(13-3)9-7-11;1-2/h4,6-9,13H,5H2,1-3H3;1-2H3/b10-4+;. The summed E-state index contributed by atoms with van der Waals surface area (Å²) in [6, 6.07) is 8.53. The molecule has 0 saturated heterocycles. The second-order valence-corrected chi connectivity index (χ2v) is 2.99. The molecular formula is C14H23N. The molecule has 84 valence electrons. The first-order valence-corrected chi connectivity index (χ1v) is 5.75. The number of nitrogens with one attached hydrogen (secondary N) is 1. The summed E-state index contributed by atoms with van der Waals surface area (Å²) in [5.41, 5.74) is 3.89. The summed E-state index contributed by atoms with van der Waals surface area (Å²) < 4.78 is 0. The average molecular weight is 205 g/mol. The maximum absolute atomic E-state index is 3.11. The van der Waals surface area contributed by atoms with E-state index in [1.54, 1.807) is 0 Å². The van der Waals surface area contributed by atoms with Crippen molar-refractivity contribution >= 4 is 11.3 Å². The molecule has 0 aliphatic heterocycles. The van der Waals surface area contributed by atoms with Gasteiger partial charge < -0.3 is 5.32 Å². The van der Waals surface area contributed by atoms with Gasteiger partial charge in [0.15, 0.2) is 0 Å². The quantitative estimate of drug-likeness (QED) is 0.762. The highest BCUT2D eigenvalue weighted by Crippen LogP contribution is 2.19. The largest absolute Gasteiger partial charge is 0.388 e. The van der Waals surface area contributed by atoms with Gasteiger partial charge in [0.2, 0.25) is 0 Å². The van der Waals surface area contributed by atoms with Crippen molar-refractivity contribution in [2.24, 2.45) is 0 Å². The summed E-state index contributed by atoms with van der Waals surface area (Å²) in [4.78, 5) is 0. The first-order valence-electron chi connectivity index (χ1n) is 5.75. The maximum atomic E-state index is 3.11. The van der Waals surface area contributed by atoms with Crippen LogP contribution in [-0.2, 0) is 0 Å². The lowest BCUT2D eigenvalue weighted by Crippen LogP contribution is -1.88. The Balaban J connectivity index is 0.000000921. The van der Waals surface area contributed by atoms with E-state index in [-0.39, 0.29) is 0 Å². The molecule has 0 radical (unpaired) electrons. The van der Waals surface area contributed by atoms with Gasteiger partial charge >= 0.3 is 0 Å². The predicted octanol–water partition coefficient (Wildman–Crippen LogP) is 4.57. The number of benzene rings is 1. The highest BCUT2D eigenvalue weighted by molar-refractivity contribution is 5.66. The van der Waals surface area contributed by atoms with Gasteiger partial charge in [0.1, 0.15) is 0 Å². The Hall–Kier alpha value is -1.24. The molecule has 1 N–H and O–H groups in total. The van der Waals surface area contributed by atoms with Crippen LogP contribution in [0, 0.1) is 0 Å². The summed E-state index contributed by atoms with van der Waals surface area (Å²) in [6.07, 6.45) is 3.27. The number of rotatable bonds is 3. The molecule has 0 heterocycles. The van der Waals surface area contributed by atoms with E-state index in [1.165, 1.54) is 11.1 Å². The lowest BCUT2D eigenvalue weighted by Gasteiger charge is -2.05. The van der Waals surface area contributed by atoms with Crippen molar-refractivity contribution in [1.82, 2.24) is 0 Å². The van der Waals surface area contributed by atoms with E-state index in [0.29, 0.717) is 0 Å². The monoisotopic (exact) mass is 205 g/mol. The van der Waals surface area contributed by atoms with Crippen molar-refractivity contribution in [2.45, 2.75) is 34.1 Å². The summed E-state index contributed by atoms with van der Waals surface area (Å²) in [6.45, 7) is 8.27. The molecule has 0 aliphatic rings. The summed E-state index contributed by atoms with van der Waals surface area (Å²) in [5.74, 6) is 0. The summed E-state index contributed by atoms with van der Waals surface area (Å²) >= 11 is 0. The van der Waals surface area contributed by atoms with E-state index in [4.69, 9.17) is 0 Å². The van der Waals surface area contributed by atoms with Crippen molar-refractivity contribution in [3.8, 4) is 0 Å². The first kappa shape index (κ1) is 13.8. The molecule has 0 saturated carbocycles. The van der Waals surface area contributed by atoms with Crippen LogP contribution in [0.2, 0.25) is 0 Å². The van der Waals surface area contributed by atoms with Crippen LogP contribution in [0.15, 0.2) is 30.3 Å². The molecule has 0 bridgehead atoms. The van der Waals surface area contributed by atoms with Gasteiger partial charge in [-0.3, -0.25) is 0 Å². The third kappa shape index (κ3) is 4.20. The van der Waals surface area contributed by atoms with Crippen LogP contribution in [0.1, 0.15) is 39.7 Å². The van der Waals surface area contributed by atoms with Crippen LogP contribution in [0.5, 0.6) is 0 Å². The van der Waals surface area contributed by atoms with Gasteiger partial charge in [-0.05, 0) is 36.6 Å². The molecule has 0 aliphatic carbocycles. The van der Waals surface area contributed by atoms with E-state index in [0.717, 1.165) is 12.1 Å². The Morgan fingerprint density at radius 2 is 1.73 bits per heavy atom. The second kappa shape index (κ2) is 8.10. The molecule has 0 unspecified atom stereocenters. The fraction of sp³-hybridized carbons (Fsp3) is 0.429. The van der Waals surface area contributed by atoms with E-state index < -0.39 is 0 Å². The molecule has 1 heteroatoms. The van der Waals surface area contributed by atoms with Crippen molar-refractivity contribution in [1.29, 1.82) is 0 Å². The fourth-order valence-electron chi connectivity index (χ4n) is 1.43. The maximum Gasteiger partial charge on any atom is 0.0337 e. The molecule has 0 amide bonds. The van der Waals surface area contributed by atoms with Gasteiger partial charge in [0, 0.05) is 12.7 Å². The predicted molar refractivity (Wildman–Crippen MR) is 71.3 cm³/mol. The Labute approximate surface area is 94.2 Å². The van der Waals surface area contributed by atoms with Crippen LogP contribution < -0.4 is 5.32 Å². The van der Waals surface area contributed by atoms with Gasteiger partial charge in [-0.1, -0.05) is 39.0 Å². The van der Waals surface area contributed by atoms with Crippen molar-refractivity contribution in [3.63, 3.8) is 0 Å². The summed E-state index contributed by atoms with van der Waals surface area (Å²) in [7, 11) is 1.94. The van der Waals surface area contributed by atoms with Crippen molar-refractivity contribution in [2.75, 3.05) is 12.4 Å². The molecule has 1 nitrogen and oxygen atoms in total. The molecule has 1 rings (SSSR count). The van der Waals surface area contributed by atoms with E-state index in [2.05, 4.69) is 49.5 Å². The zero-order valence-electron chi connectivity index (χ0n) is 10.6. The van der Waals surface area contributed by atoms with E-state index >= 15 is 0 Å². The Kier molecular flexibility index (Phi) is 7.43. The second-order valence-electron chi connectivity index (χ2n) is 2.99. The SMILES string of the molecule is C/C=C(\CC)c1ccc(NC)cc1.CC. The van der Waals surface area contributed by atoms with Gasteiger partial charge in [-0.2, -0.15) is 0 Å². The smallest absolute Gasteiger partial charge is 0.0337 e. The zero-order chi connectivity index (χ0) is 11.7. The molecule has 0 fully saturated rings. The Morgan fingerprint density at radius 3 is 2.07 bits per heavy atom. The Bertz CT molecular complexity index is 283. The van der Waals surface area contributed by atoms with Crippen LogP contribution >= 0.6 is 0 Å². The molecule has 1 aromatic carbocycles. The number of anilines is 1. The lowest BCUT2D eigenvalue weighted by molar-refractivity contribution is 1.23. The molecule has 0 atom stereocenters. The van der Waals surface area contributed by atoms with Gasteiger partial charge in [0.25, 0.3) is 0 Å². The minimum Gasteiger partial charge on any atom is -0.388 e. The lowest BCUT2D eigenvalue weighted by atomic mass is 10.0. The molecular weight excluding hydrogens is 182 g/mol. The van der Waals surface area contributed by atoms with Crippen LogP contribution in [0.4, 0.5) is 5.69 Å². The van der Waals surface area contributed by atoms with Gasteiger partial charge in [-0.25, -0.2) is 0 Å². The third-order valence-electron chi connectivity index (χ3n) is 2.27. The topological polar surface area (TPSA) is 12.0 Å². The summed E-state index contributed by atoms with van der Waals surface area (Å²) in [5, 5.41) is 3.11. The Morgan fingerprint density at radius 1 is 1.20 bits per heavy atom. The molecule has 0 aromatic heterocycles.